The van der Waals surface area contributed by atoms with E-state index >= 15 is 0 Å². The number of hydrogen-bond acceptors (Lipinski definition) is 4. The van der Waals surface area contributed by atoms with Gasteiger partial charge in [0.05, 0.1) is 0 Å². The van der Waals surface area contributed by atoms with Crippen molar-refractivity contribution in [3.8, 4) is 0 Å². The van der Waals surface area contributed by atoms with Crippen molar-refractivity contribution in [3.63, 3.8) is 0 Å². The second kappa shape index (κ2) is 5.51. The Morgan fingerprint density at radius 2 is 1.70 bits per heavy atom. The van der Waals surface area contributed by atoms with Gasteiger partial charge in [0.25, 0.3) is 0 Å². The van der Waals surface area contributed by atoms with Crippen LogP contribution in [0, 0.1) is 11.6 Å². The molecule has 0 amide bonds. The molecule has 2 rings (SSSR count). The normalized spacial score (nSPS) is 11.5. The molecule has 1 aromatic heterocycles. The number of nitrogens with two attached hydrogens (primary N) is 1. The van der Waals surface area contributed by atoms with Crippen LogP contribution in [0.4, 0.5) is 14.5 Å². The van der Waals surface area contributed by atoms with Crippen molar-refractivity contribution < 1.29 is 17.2 Å². The summed E-state index contributed by atoms with van der Waals surface area (Å²) in [6.07, 6.45) is 2.96. The first-order valence-corrected chi connectivity index (χ1v) is 7.01. The van der Waals surface area contributed by atoms with E-state index in [1.54, 1.807) is 12.1 Å². The van der Waals surface area contributed by atoms with E-state index in [-0.39, 0.29) is 12.2 Å². The van der Waals surface area contributed by atoms with Gasteiger partial charge in [0.2, 0.25) is 10.0 Å². The van der Waals surface area contributed by atoms with Gasteiger partial charge in [0.15, 0.2) is 4.90 Å². The van der Waals surface area contributed by atoms with Crippen molar-refractivity contribution in [1.29, 1.82) is 0 Å². The number of sulfonamides is 1. The summed E-state index contributed by atoms with van der Waals surface area (Å²) in [7, 11) is -4.31. The number of nitrogens with zero attached hydrogens (tertiary/aromatic N) is 1. The topological polar surface area (TPSA) is 85.1 Å². The van der Waals surface area contributed by atoms with Crippen molar-refractivity contribution in [1.82, 2.24) is 9.71 Å². The highest BCUT2D eigenvalue weighted by molar-refractivity contribution is 7.89. The monoisotopic (exact) mass is 299 g/mol. The molecule has 0 aliphatic rings. The van der Waals surface area contributed by atoms with E-state index in [9.17, 15) is 17.2 Å². The second-order valence-electron chi connectivity index (χ2n) is 3.99. The zero-order chi connectivity index (χ0) is 14.8. The first-order valence-electron chi connectivity index (χ1n) is 5.53. The Morgan fingerprint density at radius 1 is 1.15 bits per heavy atom. The Kier molecular flexibility index (Phi) is 3.96. The fourth-order valence-corrected chi connectivity index (χ4v) is 2.72. The average molecular weight is 299 g/mol. The van der Waals surface area contributed by atoms with Gasteiger partial charge >= 0.3 is 0 Å². The average Bonchev–Trinajstić information content (AvgIpc) is 2.36. The molecule has 2 aromatic rings. The minimum Gasteiger partial charge on any atom is -0.399 e. The van der Waals surface area contributed by atoms with Gasteiger partial charge in [-0.15, -0.1) is 0 Å². The molecule has 106 valence electrons. The molecular formula is C12H11F2N3O2S. The first kappa shape index (κ1) is 14.4. The fourth-order valence-electron chi connectivity index (χ4n) is 1.59. The molecule has 0 unspecified atom stereocenters. The molecule has 1 aromatic carbocycles. The van der Waals surface area contributed by atoms with E-state index < -0.39 is 26.6 Å². The molecule has 8 heteroatoms. The molecule has 0 aliphatic carbocycles. The van der Waals surface area contributed by atoms with Gasteiger partial charge < -0.3 is 5.73 Å². The zero-order valence-electron chi connectivity index (χ0n) is 10.2. The minimum atomic E-state index is -4.31. The number of halogens is 2. The van der Waals surface area contributed by atoms with Crippen LogP contribution in [0.3, 0.4) is 0 Å². The van der Waals surface area contributed by atoms with E-state index in [2.05, 4.69) is 9.71 Å². The quantitative estimate of drug-likeness (QED) is 0.836. The summed E-state index contributed by atoms with van der Waals surface area (Å²) in [4.78, 5) is 2.73. The van der Waals surface area contributed by atoms with Gasteiger partial charge in [0.1, 0.15) is 11.6 Å². The minimum absolute atomic E-state index is 0.103. The highest BCUT2D eigenvalue weighted by atomic mass is 32.2. The van der Waals surface area contributed by atoms with Gasteiger partial charge in [-0.25, -0.2) is 21.9 Å². The van der Waals surface area contributed by atoms with Gasteiger partial charge in [-0.2, -0.15) is 0 Å². The summed E-state index contributed by atoms with van der Waals surface area (Å²) in [5, 5.41) is 0. The molecule has 1 heterocycles. The van der Waals surface area contributed by atoms with E-state index in [1.165, 1.54) is 12.4 Å². The fraction of sp³-hybridized carbons (Fsp3) is 0.0833. The van der Waals surface area contributed by atoms with Crippen LogP contribution in [0.5, 0.6) is 0 Å². The Balaban J connectivity index is 2.28. The number of benzene rings is 1. The van der Waals surface area contributed by atoms with Crippen LogP contribution in [-0.2, 0) is 16.6 Å². The summed E-state index contributed by atoms with van der Waals surface area (Å²) < 4.78 is 53.1. The van der Waals surface area contributed by atoms with Crippen LogP contribution in [0.1, 0.15) is 5.56 Å². The van der Waals surface area contributed by atoms with E-state index in [4.69, 9.17) is 5.73 Å². The highest BCUT2D eigenvalue weighted by Crippen LogP contribution is 2.21. The van der Waals surface area contributed by atoms with Gasteiger partial charge in [-0.05, 0) is 29.8 Å². The zero-order valence-corrected chi connectivity index (χ0v) is 11.0. The number of nitrogens with one attached hydrogen (secondary N) is 1. The molecule has 0 radical (unpaired) electrons. The summed E-state index contributed by atoms with van der Waals surface area (Å²) >= 11 is 0. The lowest BCUT2D eigenvalue weighted by Gasteiger charge is -2.09. The van der Waals surface area contributed by atoms with Crippen LogP contribution < -0.4 is 10.5 Å². The summed E-state index contributed by atoms with van der Waals surface area (Å²) in [6.45, 7) is -0.103. The smallest absolute Gasteiger partial charge is 0.246 e. The van der Waals surface area contributed by atoms with Crippen LogP contribution in [0.25, 0.3) is 0 Å². The SMILES string of the molecule is Nc1cc(F)c(S(=O)(=O)NCc2ccncc2)c(F)c1. The van der Waals surface area contributed by atoms with Crippen molar-refractivity contribution in [2.24, 2.45) is 0 Å². The predicted octanol–water partition coefficient (Wildman–Crippen LogP) is 1.42. The van der Waals surface area contributed by atoms with Crippen LogP contribution in [0.2, 0.25) is 0 Å². The second-order valence-corrected chi connectivity index (χ2v) is 5.70. The first-order chi connectivity index (χ1) is 9.40. The Morgan fingerprint density at radius 3 is 2.25 bits per heavy atom. The number of nitrogen functional groups attached to an aromatic ring is 1. The third kappa shape index (κ3) is 3.09. The highest BCUT2D eigenvalue weighted by Gasteiger charge is 2.24. The van der Waals surface area contributed by atoms with Gasteiger partial charge in [-0.3, -0.25) is 4.98 Å². The molecule has 0 atom stereocenters. The summed E-state index contributed by atoms with van der Waals surface area (Å²) in [6, 6.07) is 4.67. The Bertz CT molecular complexity index is 698. The molecule has 0 spiro atoms. The maximum absolute atomic E-state index is 13.6. The lowest BCUT2D eigenvalue weighted by Crippen LogP contribution is -2.25. The third-order valence-corrected chi connectivity index (χ3v) is 3.96. The summed E-state index contributed by atoms with van der Waals surface area (Å²) in [5.41, 5.74) is 5.66. The molecular weight excluding hydrogens is 288 g/mol. The maximum atomic E-state index is 13.6. The Hall–Kier alpha value is -2.06. The van der Waals surface area contributed by atoms with Gasteiger partial charge in [0, 0.05) is 24.6 Å². The largest absolute Gasteiger partial charge is 0.399 e. The molecule has 0 saturated carbocycles. The number of hydrogen-bond donors (Lipinski definition) is 2. The molecule has 3 N–H and O–H groups in total. The number of pyridine rings is 1. The lowest BCUT2D eigenvalue weighted by atomic mass is 10.3. The molecule has 5 nitrogen and oxygen atoms in total. The van der Waals surface area contributed by atoms with E-state index in [1.807, 2.05) is 0 Å². The van der Waals surface area contributed by atoms with E-state index in [0.29, 0.717) is 5.56 Å². The lowest BCUT2D eigenvalue weighted by molar-refractivity contribution is 0.514. The molecule has 0 fully saturated rings. The molecule has 0 saturated heterocycles. The number of aromatic nitrogens is 1. The van der Waals surface area contributed by atoms with Crippen molar-refractivity contribution in [2.45, 2.75) is 11.4 Å². The standard InChI is InChI=1S/C12H11F2N3O2S/c13-10-5-9(15)6-11(14)12(10)20(18,19)17-7-8-1-3-16-4-2-8/h1-6,17H,7,15H2. The van der Waals surface area contributed by atoms with Crippen LogP contribution >= 0.6 is 0 Å². The predicted molar refractivity (Wildman–Crippen MR) is 69.0 cm³/mol. The number of rotatable bonds is 4. The Labute approximate surface area is 114 Å². The van der Waals surface area contributed by atoms with Crippen LogP contribution in [0.15, 0.2) is 41.6 Å². The summed E-state index contributed by atoms with van der Waals surface area (Å²) in [5.74, 6) is -2.46. The van der Waals surface area contributed by atoms with Crippen molar-refractivity contribution in [3.05, 3.63) is 53.9 Å². The van der Waals surface area contributed by atoms with Crippen molar-refractivity contribution >= 4 is 15.7 Å². The third-order valence-electron chi connectivity index (χ3n) is 2.51. The van der Waals surface area contributed by atoms with E-state index in [0.717, 1.165) is 12.1 Å². The molecule has 0 aliphatic heterocycles. The number of anilines is 1. The van der Waals surface area contributed by atoms with Gasteiger partial charge in [-0.1, -0.05) is 0 Å². The maximum Gasteiger partial charge on any atom is 0.246 e. The molecule has 20 heavy (non-hydrogen) atoms. The van der Waals surface area contributed by atoms with Crippen LogP contribution in [-0.4, -0.2) is 13.4 Å². The molecule has 0 bridgehead atoms. The van der Waals surface area contributed by atoms with Crippen molar-refractivity contribution in [2.75, 3.05) is 5.73 Å².